The molecule has 0 aliphatic rings. The molecule has 28 heavy (non-hydrogen) atoms. The standard InChI is InChI=1S/C23H17BrO4/c1-2-9-16-14-19(24)21(28-23(26)18-12-7-4-8-13-18)20(15-16)27-22(25)17-10-5-3-6-11-17/h2-8,10-15H,1,9H2. The highest BCUT2D eigenvalue weighted by Crippen LogP contribution is 2.38. The van der Waals surface area contributed by atoms with Gasteiger partial charge in [-0.3, -0.25) is 0 Å². The smallest absolute Gasteiger partial charge is 0.343 e. The Hall–Kier alpha value is -3.18. The van der Waals surface area contributed by atoms with Gasteiger partial charge < -0.3 is 9.47 Å². The zero-order chi connectivity index (χ0) is 19.9. The highest BCUT2D eigenvalue weighted by Gasteiger charge is 2.20. The van der Waals surface area contributed by atoms with Crippen LogP contribution >= 0.6 is 15.9 Å². The molecular weight excluding hydrogens is 420 g/mol. The van der Waals surface area contributed by atoms with Crippen LogP contribution in [0.1, 0.15) is 26.3 Å². The average molecular weight is 437 g/mol. The zero-order valence-electron chi connectivity index (χ0n) is 14.9. The molecule has 0 heterocycles. The van der Waals surface area contributed by atoms with Crippen molar-refractivity contribution in [1.29, 1.82) is 0 Å². The van der Waals surface area contributed by atoms with Gasteiger partial charge in [-0.2, -0.15) is 0 Å². The van der Waals surface area contributed by atoms with E-state index in [0.717, 1.165) is 5.56 Å². The van der Waals surface area contributed by atoms with Crippen LogP contribution in [0.4, 0.5) is 0 Å². The Labute approximate surface area is 171 Å². The minimum absolute atomic E-state index is 0.144. The highest BCUT2D eigenvalue weighted by molar-refractivity contribution is 9.10. The van der Waals surface area contributed by atoms with Gasteiger partial charge in [-0.05, 0) is 64.3 Å². The largest absolute Gasteiger partial charge is 0.419 e. The lowest BCUT2D eigenvalue weighted by molar-refractivity contribution is 0.0681. The van der Waals surface area contributed by atoms with Crippen LogP contribution in [0.5, 0.6) is 11.5 Å². The van der Waals surface area contributed by atoms with Gasteiger partial charge in [-0.15, -0.1) is 6.58 Å². The Kier molecular flexibility index (Phi) is 6.40. The summed E-state index contributed by atoms with van der Waals surface area (Å²) < 4.78 is 11.6. The van der Waals surface area contributed by atoms with Crippen molar-refractivity contribution in [2.24, 2.45) is 0 Å². The first-order valence-electron chi connectivity index (χ1n) is 8.56. The number of rotatable bonds is 6. The van der Waals surface area contributed by atoms with Crippen LogP contribution in [0, 0.1) is 0 Å². The van der Waals surface area contributed by atoms with Crippen LogP contribution in [0.25, 0.3) is 0 Å². The maximum atomic E-state index is 12.5. The summed E-state index contributed by atoms with van der Waals surface area (Å²) in [5.74, 6) is -0.787. The summed E-state index contributed by atoms with van der Waals surface area (Å²) >= 11 is 3.41. The molecule has 0 saturated carbocycles. The zero-order valence-corrected chi connectivity index (χ0v) is 16.5. The Morgan fingerprint density at radius 2 is 1.39 bits per heavy atom. The normalized spacial score (nSPS) is 10.2. The molecule has 4 nitrogen and oxygen atoms in total. The van der Waals surface area contributed by atoms with E-state index >= 15 is 0 Å². The van der Waals surface area contributed by atoms with E-state index in [1.807, 2.05) is 12.1 Å². The Bertz CT molecular complexity index is 998. The van der Waals surface area contributed by atoms with Crippen LogP contribution < -0.4 is 9.47 Å². The van der Waals surface area contributed by atoms with E-state index in [-0.39, 0.29) is 11.5 Å². The highest BCUT2D eigenvalue weighted by atomic mass is 79.9. The number of ether oxygens (including phenoxy) is 2. The van der Waals surface area contributed by atoms with E-state index in [1.165, 1.54) is 0 Å². The van der Waals surface area contributed by atoms with Gasteiger partial charge in [0.05, 0.1) is 15.6 Å². The topological polar surface area (TPSA) is 52.6 Å². The molecule has 0 unspecified atom stereocenters. The molecule has 0 radical (unpaired) electrons. The molecule has 5 heteroatoms. The van der Waals surface area contributed by atoms with Gasteiger partial charge in [0, 0.05) is 0 Å². The number of hydrogen-bond acceptors (Lipinski definition) is 4. The fourth-order valence-corrected chi connectivity index (χ4v) is 3.11. The van der Waals surface area contributed by atoms with Crippen LogP contribution in [-0.2, 0) is 6.42 Å². The van der Waals surface area contributed by atoms with Crippen molar-refractivity contribution in [1.82, 2.24) is 0 Å². The lowest BCUT2D eigenvalue weighted by atomic mass is 10.1. The Balaban J connectivity index is 1.94. The molecular formula is C23H17BrO4. The van der Waals surface area contributed by atoms with Crippen LogP contribution in [-0.4, -0.2) is 11.9 Å². The minimum atomic E-state index is -0.546. The molecule has 0 fully saturated rings. The minimum Gasteiger partial charge on any atom is -0.419 e. The third-order valence-corrected chi connectivity index (χ3v) is 4.45. The van der Waals surface area contributed by atoms with Gasteiger partial charge in [-0.25, -0.2) is 9.59 Å². The van der Waals surface area contributed by atoms with E-state index < -0.39 is 11.9 Å². The third-order valence-electron chi connectivity index (χ3n) is 3.87. The predicted octanol–water partition coefficient (Wildman–Crippen LogP) is 5.62. The van der Waals surface area contributed by atoms with Gasteiger partial charge >= 0.3 is 11.9 Å². The van der Waals surface area contributed by atoms with Crippen molar-refractivity contribution < 1.29 is 19.1 Å². The van der Waals surface area contributed by atoms with Gasteiger partial charge in [0.25, 0.3) is 0 Å². The summed E-state index contributed by atoms with van der Waals surface area (Å²) in [6.07, 6.45) is 2.31. The number of esters is 2. The molecule has 0 aliphatic carbocycles. The second-order valence-corrected chi connectivity index (χ2v) is 6.76. The first-order chi connectivity index (χ1) is 13.6. The molecule has 0 N–H and O–H groups in total. The van der Waals surface area contributed by atoms with E-state index in [2.05, 4.69) is 22.5 Å². The molecule has 0 aromatic heterocycles. The summed E-state index contributed by atoms with van der Waals surface area (Å²) in [6, 6.07) is 20.7. The van der Waals surface area contributed by atoms with E-state index in [9.17, 15) is 9.59 Å². The van der Waals surface area contributed by atoms with Crippen molar-refractivity contribution in [2.75, 3.05) is 0 Å². The maximum absolute atomic E-state index is 12.5. The quantitative estimate of drug-likeness (QED) is 0.286. The number of hydrogen-bond donors (Lipinski definition) is 0. The van der Waals surface area contributed by atoms with Crippen molar-refractivity contribution >= 4 is 27.9 Å². The fraction of sp³-hybridized carbons (Fsp3) is 0.0435. The molecule has 0 atom stereocenters. The first kappa shape index (κ1) is 19.6. The van der Waals surface area contributed by atoms with Gasteiger partial charge in [0.1, 0.15) is 0 Å². The van der Waals surface area contributed by atoms with Crippen LogP contribution in [0.2, 0.25) is 0 Å². The lowest BCUT2D eigenvalue weighted by Crippen LogP contribution is -2.13. The average Bonchev–Trinajstić information content (AvgIpc) is 2.72. The summed E-state index contributed by atoms with van der Waals surface area (Å²) in [7, 11) is 0. The van der Waals surface area contributed by atoms with Gasteiger partial charge in [-0.1, -0.05) is 42.5 Å². The van der Waals surface area contributed by atoms with Gasteiger partial charge in [0.2, 0.25) is 0 Å². The molecule has 3 rings (SSSR count). The van der Waals surface area contributed by atoms with E-state index in [0.29, 0.717) is 22.0 Å². The number of carbonyl (C=O) groups excluding carboxylic acids is 2. The number of halogens is 1. The summed E-state index contributed by atoms with van der Waals surface area (Å²) in [6.45, 7) is 3.73. The molecule has 140 valence electrons. The van der Waals surface area contributed by atoms with Crippen molar-refractivity contribution in [2.45, 2.75) is 6.42 Å². The summed E-state index contributed by atoms with van der Waals surface area (Å²) in [5.41, 5.74) is 1.65. The monoisotopic (exact) mass is 436 g/mol. The van der Waals surface area contributed by atoms with Crippen molar-refractivity contribution in [3.8, 4) is 11.5 Å². The molecule has 0 spiro atoms. The van der Waals surface area contributed by atoms with Gasteiger partial charge in [0.15, 0.2) is 11.5 Å². The van der Waals surface area contributed by atoms with Crippen LogP contribution in [0.15, 0.2) is 89.9 Å². The SMILES string of the molecule is C=CCc1cc(Br)c(OC(=O)c2ccccc2)c(OC(=O)c2ccccc2)c1. The van der Waals surface area contributed by atoms with E-state index in [1.54, 1.807) is 66.7 Å². The second kappa shape index (κ2) is 9.15. The molecule has 3 aromatic carbocycles. The number of allylic oxidation sites excluding steroid dienone is 1. The second-order valence-electron chi connectivity index (χ2n) is 5.91. The van der Waals surface area contributed by atoms with Crippen molar-refractivity contribution in [3.05, 3.63) is 107 Å². The lowest BCUT2D eigenvalue weighted by Gasteiger charge is -2.14. The Morgan fingerprint density at radius 3 is 1.93 bits per heavy atom. The first-order valence-corrected chi connectivity index (χ1v) is 9.35. The maximum Gasteiger partial charge on any atom is 0.343 e. The van der Waals surface area contributed by atoms with E-state index in [4.69, 9.17) is 9.47 Å². The molecule has 3 aromatic rings. The molecule has 0 bridgehead atoms. The Morgan fingerprint density at radius 1 is 0.857 bits per heavy atom. The summed E-state index contributed by atoms with van der Waals surface area (Å²) in [4.78, 5) is 25.0. The number of benzene rings is 3. The predicted molar refractivity (Wildman–Crippen MR) is 111 cm³/mol. The fourth-order valence-electron chi connectivity index (χ4n) is 2.54. The molecule has 0 amide bonds. The van der Waals surface area contributed by atoms with Crippen molar-refractivity contribution in [3.63, 3.8) is 0 Å². The molecule has 0 aliphatic heterocycles. The third kappa shape index (κ3) is 4.75. The van der Waals surface area contributed by atoms with Crippen LogP contribution in [0.3, 0.4) is 0 Å². The summed E-state index contributed by atoms with van der Waals surface area (Å²) in [5, 5.41) is 0. The number of carbonyl (C=O) groups is 2. The molecule has 0 saturated heterocycles.